The summed E-state index contributed by atoms with van der Waals surface area (Å²) in [5, 5.41) is 17.2. The molecule has 1 aromatic carbocycles. The average Bonchev–Trinajstić information content (AvgIpc) is 1.85. The minimum Gasteiger partial charge on any atom is -0.449 e. The Bertz CT molecular complexity index is 217. The monoisotopic (exact) mass is 150 g/mol. The fourth-order valence-electron chi connectivity index (χ4n) is 0.662. The number of rotatable bonds is 2. The van der Waals surface area contributed by atoms with E-state index in [0.717, 1.165) is 0 Å². The van der Waals surface area contributed by atoms with E-state index in [1.807, 2.05) is 0 Å². The standard InChI is InChI=1S/C7H7BO3/c8-7(9,10)11-6-4-2-1-3-5-6/h1-5,9-10H. The van der Waals surface area contributed by atoms with Gasteiger partial charge in [0, 0.05) is 0 Å². The van der Waals surface area contributed by atoms with Gasteiger partial charge in [0.15, 0.2) is 0 Å². The van der Waals surface area contributed by atoms with Gasteiger partial charge in [-0.2, -0.15) is 0 Å². The Morgan fingerprint density at radius 2 is 1.73 bits per heavy atom. The Labute approximate surface area is 65.7 Å². The maximum absolute atomic E-state index is 8.58. The molecule has 11 heavy (non-hydrogen) atoms. The molecule has 0 atom stereocenters. The lowest BCUT2D eigenvalue weighted by Gasteiger charge is -2.18. The van der Waals surface area contributed by atoms with Crippen molar-refractivity contribution in [2.75, 3.05) is 0 Å². The van der Waals surface area contributed by atoms with E-state index in [4.69, 9.17) is 18.1 Å². The molecule has 4 heteroatoms. The molecular weight excluding hydrogens is 143 g/mol. The summed E-state index contributed by atoms with van der Waals surface area (Å²) in [6, 6.07) is 8.30. The summed E-state index contributed by atoms with van der Waals surface area (Å²) in [6.45, 7) is 0. The van der Waals surface area contributed by atoms with Gasteiger partial charge in [0.1, 0.15) is 5.75 Å². The summed E-state index contributed by atoms with van der Waals surface area (Å²) in [5.41, 5.74) is 0. The number of aliphatic hydroxyl groups is 2. The van der Waals surface area contributed by atoms with E-state index in [-0.39, 0.29) is 0 Å². The molecule has 0 amide bonds. The van der Waals surface area contributed by atoms with Crippen molar-refractivity contribution in [1.82, 2.24) is 0 Å². The molecule has 2 radical (unpaired) electrons. The van der Waals surface area contributed by atoms with Crippen LogP contribution in [-0.4, -0.2) is 23.9 Å². The van der Waals surface area contributed by atoms with Crippen LogP contribution in [0.1, 0.15) is 0 Å². The maximum Gasteiger partial charge on any atom is 0.259 e. The van der Waals surface area contributed by atoms with Crippen molar-refractivity contribution in [3.63, 3.8) is 0 Å². The van der Waals surface area contributed by atoms with Gasteiger partial charge in [-0.05, 0) is 12.1 Å². The molecular formula is C7H7BO3. The van der Waals surface area contributed by atoms with Crippen LogP contribution in [0.3, 0.4) is 0 Å². The third-order valence-electron chi connectivity index (χ3n) is 1.01. The second kappa shape index (κ2) is 2.94. The molecule has 0 aliphatic carbocycles. The molecule has 1 aromatic rings. The molecule has 0 saturated carbocycles. The van der Waals surface area contributed by atoms with Gasteiger partial charge in [0.2, 0.25) is 7.85 Å². The van der Waals surface area contributed by atoms with Crippen LogP contribution in [0.5, 0.6) is 5.75 Å². The van der Waals surface area contributed by atoms with E-state index in [0.29, 0.717) is 5.75 Å². The van der Waals surface area contributed by atoms with Crippen molar-refractivity contribution < 1.29 is 14.9 Å². The number of para-hydroxylation sites is 1. The molecule has 0 aliphatic rings. The summed E-state index contributed by atoms with van der Waals surface area (Å²) in [7, 11) is 4.76. The van der Waals surface area contributed by atoms with Crippen molar-refractivity contribution in [1.29, 1.82) is 0 Å². The minimum atomic E-state index is -2.60. The van der Waals surface area contributed by atoms with Crippen LogP contribution in [0, 0.1) is 0 Å². The number of hydrogen-bond donors (Lipinski definition) is 2. The molecule has 0 unspecified atom stereocenters. The summed E-state index contributed by atoms with van der Waals surface area (Å²) in [6.07, 6.45) is 0. The van der Waals surface area contributed by atoms with Crippen molar-refractivity contribution >= 4 is 7.85 Å². The molecule has 0 heterocycles. The highest BCUT2D eigenvalue weighted by molar-refractivity contribution is 6.11. The van der Waals surface area contributed by atoms with Crippen LogP contribution in [0.4, 0.5) is 0 Å². The first-order chi connectivity index (χ1) is 5.08. The first-order valence-corrected chi connectivity index (χ1v) is 3.05. The normalized spacial score (nSPS) is 11.1. The van der Waals surface area contributed by atoms with Gasteiger partial charge in [-0.25, -0.2) is 0 Å². The van der Waals surface area contributed by atoms with E-state index in [2.05, 4.69) is 4.74 Å². The Hall–Kier alpha value is -0.995. The summed E-state index contributed by atoms with van der Waals surface area (Å²) < 4.78 is 4.49. The zero-order valence-corrected chi connectivity index (χ0v) is 5.77. The van der Waals surface area contributed by atoms with E-state index < -0.39 is 5.87 Å². The average molecular weight is 150 g/mol. The second-order valence-corrected chi connectivity index (χ2v) is 2.07. The van der Waals surface area contributed by atoms with Gasteiger partial charge >= 0.3 is 0 Å². The van der Waals surface area contributed by atoms with E-state index in [1.165, 1.54) is 0 Å². The Morgan fingerprint density at radius 3 is 2.18 bits per heavy atom. The molecule has 2 N–H and O–H groups in total. The molecule has 0 aliphatic heterocycles. The Balaban J connectivity index is 2.66. The predicted octanol–water partition coefficient (Wildman–Crippen LogP) is -0.170. The van der Waals surface area contributed by atoms with Crippen LogP contribution in [0.2, 0.25) is 0 Å². The van der Waals surface area contributed by atoms with Crippen molar-refractivity contribution in [3.05, 3.63) is 30.3 Å². The van der Waals surface area contributed by atoms with Crippen molar-refractivity contribution in [2.24, 2.45) is 0 Å². The highest BCUT2D eigenvalue weighted by Crippen LogP contribution is 2.11. The van der Waals surface area contributed by atoms with Gasteiger partial charge in [0.25, 0.3) is 5.87 Å². The van der Waals surface area contributed by atoms with Crippen molar-refractivity contribution in [2.45, 2.75) is 5.87 Å². The number of hydrogen-bond acceptors (Lipinski definition) is 3. The zero-order chi connectivity index (χ0) is 8.32. The molecule has 0 spiro atoms. The van der Waals surface area contributed by atoms with Gasteiger partial charge in [-0.1, -0.05) is 18.2 Å². The summed E-state index contributed by atoms with van der Waals surface area (Å²) in [5.74, 6) is -2.29. The van der Waals surface area contributed by atoms with Gasteiger partial charge < -0.3 is 14.9 Å². The molecule has 0 fully saturated rings. The third kappa shape index (κ3) is 3.07. The van der Waals surface area contributed by atoms with Crippen LogP contribution >= 0.6 is 0 Å². The predicted molar refractivity (Wildman–Crippen MR) is 40.0 cm³/mol. The van der Waals surface area contributed by atoms with Crippen LogP contribution in [-0.2, 0) is 0 Å². The molecule has 1 rings (SSSR count). The molecule has 0 bridgehead atoms. The van der Waals surface area contributed by atoms with Gasteiger partial charge in [-0.15, -0.1) is 0 Å². The molecule has 56 valence electrons. The number of benzene rings is 1. The quantitative estimate of drug-likeness (QED) is 0.454. The van der Waals surface area contributed by atoms with E-state index >= 15 is 0 Å². The maximum atomic E-state index is 8.58. The number of ether oxygens (including phenoxy) is 1. The molecule has 3 nitrogen and oxygen atoms in total. The first-order valence-electron chi connectivity index (χ1n) is 3.05. The lowest BCUT2D eigenvalue weighted by atomic mass is 10.1. The zero-order valence-electron chi connectivity index (χ0n) is 5.77. The smallest absolute Gasteiger partial charge is 0.259 e. The molecule has 0 saturated heterocycles. The SMILES string of the molecule is [B]C(O)(O)Oc1ccccc1. The Morgan fingerprint density at radius 1 is 1.18 bits per heavy atom. The minimum absolute atomic E-state index is 0.306. The lowest BCUT2D eigenvalue weighted by Crippen LogP contribution is -2.35. The third-order valence-corrected chi connectivity index (χ3v) is 1.01. The largest absolute Gasteiger partial charge is 0.449 e. The van der Waals surface area contributed by atoms with Crippen LogP contribution < -0.4 is 4.74 Å². The van der Waals surface area contributed by atoms with Crippen LogP contribution in [0.15, 0.2) is 30.3 Å². The highest BCUT2D eigenvalue weighted by atomic mass is 16.8. The summed E-state index contributed by atoms with van der Waals surface area (Å²) >= 11 is 0. The fraction of sp³-hybridized carbons (Fsp3) is 0.143. The summed E-state index contributed by atoms with van der Waals surface area (Å²) in [4.78, 5) is 0. The fourth-order valence-corrected chi connectivity index (χ4v) is 0.662. The van der Waals surface area contributed by atoms with Gasteiger partial charge in [0.05, 0.1) is 0 Å². The molecule has 0 aromatic heterocycles. The highest BCUT2D eigenvalue weighted by Gasteiger charge is 2.15. The van der Waals surface area contributed by atoms with Crippen LogP contribution in [0.25, 0.3) is 0 Å². The van der Waals surface area contributed by atoms with Crippen molar-refractivity contribution in [3.8, 4) is 5.75 Å². The first kappa shape index (κ1) is 8.10. The van der Waals surface area contributed by atoms with E-state index in [9.17, 15) is 0 Å². The van der Waals surface area contributed by atoms with Gasteiger partial charge in [-0.3, -0.25) is 0 Å². The Kier molecular flexibility index (Phi) is 2.17. The topological polar surface area (TPSA) is 49.7 Å². The second-order valence-electron chi connectivity index (χ2n) is 2.07. The lowest BCUT2D eigenvalue weighted by molar-refractivity contribution is -0.223. The van der Waals surface area contributed by atoms with E-state index in [1.54, 1.807) is 30.3 Å².